The average Bonchev–Trinajstić information content (AvgIpc) is 2.59. The van der Waals surface area contributed by atoms with E-state index in [1.54, 1.807) is 40.2 Å². The Bertz CT molecular complexity index is 734. The van der Waals surface area contributed by atoms with Gasteiger partial charge in [-0.1, -0.05) is 19.9 Å². The molecule has 1 aromatic rings. The Morgan fingerprint density at radius 1 is 1.23 bits per heavy atom. The monoisotopic (exact) mass is 387 g/mol. The van der Waals surface area contributed by atoms with Gasteiger partial charge in [0.2, 0.25) is 14.9 Å². The summed E-state index contributed by atoms with van der Waals surface area (Å²) in [5.74, 6) is -0.127. The number of ether oxygens (including phenoxy) is 2. The van der Waals surface area contributed by atoms with Gasteiger partial charge in [0, 0.05) is 20.6 Å². The summed E-state index contributed by atoms with van der Waals surface area (Å²) in [4.78, 5) is 10.6. The van der Waals surface area contributed by atoms with E-state index in [2.05, 4.69) is 5.32 Å². The summed E-state index contributed by atoms with van der Waals surface area (Å²) >= 11 is 0. The topological polar surface area (TPSA) is 111 Å². The van der Waals surface area contributed by atoms with Crippen LogP contribution in [0.25, 0.3) is 0 Å². The van der Waals surface area contributed by atoms with E-state index >= 15 is 0 Å². The van der Waals surface area contributed by atoms with Crippen LogP contribution in [0.5, 0.6) is 11.5 Å². The third-order valence-corrected chi connectivity index (χ3v) is 6.74. The van der Waals surface area contributed by atoms with Crippen LogP contribution in [0, 0.1) is 5.92 Å². The number of sulfonamides is 1. The molecular weight excluding hydrogens is 358 g/mol. The van der Waals surface area contributed by atoms with E-state index in [-0.39, 0.29) is 6.54 Å². The molecule has 1 rings (SSSR count). The molecule has 1 amide bonds. The number of benzene rings is 1. The molecule has 0 bridgehead atoms. The van der Waals surface area contributed by atoms with Crippen LogP contribution >= 0.6 is 0 Å². The third kappa shape index (κ3) is 4.28. The first-order chi connectivity index (χ1) is 12.0. The largest absolute Gasteiger partial charge is 0.493 e. The number of carbonyl (C=O) groups excluding carboxylic acids is 1. The van der Waals surface area contributed by atoms with Crippen molar-refractivity contribution in [2.45, 2.75) is 25.1 Å². The number of rotatable bonds is 9. The average molecular weight is 388 g/mol. The standard InChI is InChI=1S/C17H29N3O5S/c1-12(2)17(18,26(22,23)20(3)4)16(21)19-10-9-13-7-8-14(24-5)15(11-13)25-6/h7-8,11-12H,9-10,18H2,1-6H3,(H,19,21)/t17-/m0/s1. The molecule has 26 heavy (non-hydrogen) atoms. The number of amides is 1. The maximum atomic E-state index is 12.6. The van der Waals surface area contributed by atoms with Crippen molar-refractivity contribution < 1.29 is 22.7 Å². The Kier molecular flexibility index (Phi) is 7.43. The van der Waals surface area contributed by atoms with E-state index in [0.717, 1.165) is 9.87 Å². The van der Waals surface area contributed by atoms with Crippen molar-refractivity contribution in [1.29, 1.82) is 0 Å². The fourth-order valence-electron chi connectivity index (χ4n) is 2.47. The molecule has 1 atom stereocenters. The van der Waals surface area contributed by atoms with Gasteiger partial charge in [0.1, 0.15) is 0 Å². The first kappa shape index (κ1) is 22.2. The number of nitrogens with two attached hydrogens (primary N) is 1. The summed E-state index contributed by atoms with van der Waals surface area (Å²) in [6.45, 7) is 3.45. The van der Waals surface area contributed by atoms with Crippen molar-refractivity contribution in [3.05, 3.63) is 23.8 Å². The smallest absolute Gasteiger partial charge is 0.257 e. The van der Waals surface area contributed by atoms with Crippen LogP contribution in [0.2, 0.25) is 0 Å². The molecule has 8 nitrogen and oxygen atoms in total. The summed E-state index contributed by atoms with van der Waals surface area (Å²) in [5.41, 5.74) is 6.96. The normalized spacial score (nSPS) is 14.2. The lowest BCUT2D eigenvalue weighted by atomic mass is 10.0. The molecule has 0 aliphatic heterocycles. The predicted octanol–water partition coefficient (Wildman–Crippen LogP) is 0.565. The second-order valence-corrected chi connectivity index (χ2v) is 8.79. The molecular formula is C17H29N3O5S. The Morgan fingerprint density at radius 2 is 1.81 bits per heavy atom. The van der Waals surface area contributed by atoms with Crippen LogP contribution in [0.4, 0.5) is 0 Å². The van der Waals surface area contributed by atoms with Crippen molar-refractivity contribution >= 4 is 15.9 Å². The van der Waals surface area contributed by atoms with Gasteiger partial charge in [0.05, 0.1) is 14.2 Å². The van der Waals surface area contributed by atoms with Gasteiger partial charge in [-0.15, -0.1) is 0 Å². The minimum absolute atomic E-state index is 0.239. The molecule has 0 heterocycles. The molecule has 0 saturated carbocycles. The minimum Gasteiger partial charge on any atom is -0.493 e. The molecule has 0 saturated heterocycles. The van der Waals surface area contributed by atoms with Gasteiger partial charge in [0.25, 0.3) is 5.91 Å². The van der Waals surface area contributed by atoms with Crippen molar-refractivity contribution in [3.8, 4) is 11.5 Å². The molecule has 0 aliphatic rings. The fraction of sp³-hybridized carbons (Fsp3) is 0.588. The zero-order valence-corrected chi connectivity index (χ0v) is 17.0. The molecule has 0 spiro atoms. The Hall–Kier alpha value is -1.84. The van der Waals surface area contributed by atoms with E-state index in [9.17, 15) is 13.2 Å². The van der Waals surface area contributed by atoms with Gasteiger partial charge in [-0.25, -0.2) is 12.7 Å². The summed E-state index contributed by atoms with van der Waals surface area (Å²) in [5, 5.41) is 2.64. The van der Waals surface area contributed by atoms with Crippen LogP contribution in [-0.2, 0) is 21.2 Å². The maximum Gasteiger partial charge on any atom is 0.257 e. The first-order valence-electron chi connectivity index (χ1n) is 8.22. The molecule has 0 radical (unpaired) electrons. The van der Waals surface area contributed by atoms with Gasteiger partial charge >= 0.3 is 0 Å². The lowest BCUT2D eigenvalue weighted by molar-refractivity contribution is -0.124. The van der Waals surface area contributed by atoms with Crippen LogP contribution in [0.3, 0.4) is 0 Å². The molecule has 0 aromatic heterocycles. The van der Waals surface area contributed by atoms with Gasteiger partial charge < -0.3 is 20.5 Å². The number of nitrogens with zero attached hydrogens (tertiary/aromatic N) is 1. The lowest BCUT2D eigenvalue weighted by Crippen LogP contribution is -2.65. The Morgan fingerprint density at radius 3 is 2.27 bits per heavy atom. The fourth-order valence-corrected chi connectivity index (χ4v) is 3.98. The molecule has 9 heteroatoms. The molecule has 1 aromatic carbocycles. The third-order valence-electron chi connectivity index (χ3n) is 4.27. The number of nitrogens with one attached hydrogen (secondary N) is 1. The van der Waals surface area contributed by atoms with Crippen molar-refractivity contribution in [2.75, 3.05) is 34.9 Å². The predicted molar refractivity (Wildman–Crippen MR) is 101 cm³/mol. The highest BCUT2D eigenvalue weighted by molar-refractivity contribution is 7.91. The Balaban J connectivity index is 2.88. The SMILES string of the molecule is COc1ccc(CCNC(=O)[C@](N)(C(C)C)S(=O)(=O)N(C)C)cc1OC. The summed E-state index contributed by atoms with van der Waals surface area (Å²) in [7, 11) is 1.82. The summed E-state index contributed by atoms with van der Waals surface area (Å²) in [6.07, 6.45) is 0.488. The summed E-state index contributed by atoms with van der Waals surface area (Å²) in [6, 6.07) is 5.43. The van der Waals surface area contributed by atoms with Crippen molar-refractivity contribution in [2.24, 2.45) is 11.7 Å². The van der Waals surface area contributed by atoms with Crippen LogP contribution in [0.1, 0.15) is 19.4 Å². The van der Waals surface area contributed by atoms with Gasteiger partial charge in [-0.05, 0) is 30.0 Å². The van der Waals surface area contributed by atoms with E-state index in [1.807, 2.05) is 6.07 Å². The number of carbonyl (C=O) groups is 1. The van der Waals surface area contributed by atoms with E-state index < -0.39 is 26.7 Å². The van der Waals surface area contributed by atoms with Gasteiger partial charge in [-0.3, -0.25) is 4.79 Å². The zero-order chi connectivity index (χ0) is 20.1. The highest BCUT2D eigenvalue weighted by atomic mass is 32.2. The molecule has 148 valence electrons. The number of hydrogen-bond acceptors (Lipinski definition) is 6. The van der Waals surface area contributed by atoms with Crippen LogP contribution in [-0.4, -0.2) is 58.4 Å². The van der Waals surface area contributed by atoms with E-state index in [4.69, 9.17) is 15.2 Å². The Labute approximate surface area is 155 Å². The quantitative estimate of drug-likeness (QED) is 0.641. The minimum atomic E-state index is -3.99. The number of hydrogen-bond donors (Lipinski definition) is 2. The molecule has 3 N–H and O–H groups in total. The van der Waals surface area contributed by atoms with Crippen LogP contribution in [0.15, 0.2) is 18.2 Å². The second kappa shape index (κ2) is 8.70. The summed E-state index contributed by atoms with van der Waals surface area (Å²) < 4.78 is 36.5. The maximum absolute atomic E-state index is 12.6. The van der Waals surface area contributed by atoms with Crippen molar-refractivity contribution in [1.82, 2.24) is 9.62 Å². The lowest BCUT2D eigenvalue weighted by Gasteiger charge is -2.33. The van der Waals surface area contributed by atoms with Crippen molar-refractivity contribution in [3.63, 3.8) is 0 Å². The highest BCUT2D eigenvalue weighted by Gasteiger charge is 2.51. The van der Waals surface area contributed by atoms with Crippen LogP contribution < -0.4 is 20.5 Å². The zero-order valence-electron chi connectivity index (χ0n) is 16.2. The highest BCUT2D eigenvalue weighted by Crippen LogP contribution is 2.28. The first-order valence-corrected chi connectivity index (χ1v) is 9.66. The van der Waals surface area contributed by atoms with E-state index in [0.29, 0.717) is 17.9 Å². The molecule has 0 unspecified atom stereocenters. The van der Waals surface area contributed by atoms with E-state index in [1.165, 1.54) is 14.1 Å². The number of methoxy groups -OCH3 is 2. The second-order valence-electron chi connectivity index (χ2n) is 6.43. The molecule has 0 fully saturated rings. The van der Waals surface area contributed by atoms with Gasteiger partial charge in [-0.2, -0.15) is 0 Å². The molecule has 0 aliphatic carbocycles. The van der Waals surface area contributed by atoms with Gasteiger partial charge in [0.15, 0.2) is 11.5 Å².